The number of nitrogens with zero attached hydrogens (tertiary/aromatic N) is 1. The first-order chi connectivity index (χ1) is 14.1. The second kappa shape index (κ2) is 7.47. The van der Waals surface area contributed by atoms with Gasteiger partial charge in [-0.1, -0.05) is 20.8 Å². The average Bonchev–Trinajstić information content (AvgIpc) is 3.06. The lowest BCUT2D eigenvalue weighted by Gasteiger charge is -2.56. The van der Waals surface area contributed by atoms with Gasteiger partial charge in [-0.15, -0.1) is 0 Å². The molecule has 4 saturated heterocycles. The van der Waals surface area contributed by atoms with Gasteiger partial charge in [0, 0.05) is 6.04 Å². The summed E-state index contributed by atoms with van der Waals surface area (Å²) < 4.78 is 31.8. The van der Waals surface area contributed by atoms with Gasteiger partial charge in [0.05, 0.1) is 37.5 Å². The van der Waals surface area contributed by atoms with Crippen LogP contribution in [-0.4, -0.2) is 85.7 Å². The third kappa shape index (κ3) is 4.27. The highest BCUT2D eigenvalue weighted by Crippen LogP contribution is 2.50. The van der Waals surface area contributed by atoms with Crippen molar-refractivity contribution in [2.45, 2.75) is 127 Å². The molecule has 0 radical (unpaired) electrons. The van der Waals surface area contributed by atoms with Crippen molar-refractivity contribution in [1.29, 1.82) is 0 Å². The van der Waals surface area contributed by atoms with Crippen molar-refractivity contribution >= 4 is 8.32 Å². The normalized spacial score (nSPS) is 39.5. The summed E-state index contributed by atoms with van der Waals surface area (Å²) in [5.74, 6) is -1.24. The summed E-state index contributed by atoms with van der Waals surface area (Å²) >= 11 is 0. The molecule has 0 aromatic heterocycles. The minimum absolute atomic E-state index is 0.0341. The fourth-order valence-corrected chi connectivity index (χ4v) is 6.50. The maximum absolute atomic E-state index is 10.8. The maximum atomic E-state index is 10.8. The number of fused-ring (bicyclic) bond motifs is 4. The standard InChI is InChI=1S/C23H43NO6Si/c1-20(2,3)31(8,9)28-12-17-19-18(29-22(6,7)30-19)16-10-15(25)11-23(24(16)17)13-26-21(4,5)27-14-23/h15-19,25H,10-14H2,1-9H3/t15-,16-,17-,18-,19+/m0/s1. The van der Waals surface area contributed by atoms with Gasteiger partial charge in [-0.3, -0.25) is 4.90 Å². The first-order valence-electron chi connectivity index (χ1n) is 11.8. The van der Waals surface area contributed by atoms with E-state index in [2.05, 4.69) is 38.8 Å². The van der Waals surface area contributed by atoms with Crippen LogP contribution in [0, 0.1) is 0 Å². The second-order valence-corrected chi connectivity index (χ2v) is 17.3. The van der Waals surface area contributed by atoms with Crippen LogP contribution in [0.2, 0.25) is 18.1 Å². The van der Waals surface area contributed by atoms with Gasteiger partial charge < -0.3 is 28.5 Å². The van der Waals surface area contributed by atoms with Crippen molar-refractivity contribution < 1.29 is 28.5 Å². The molecule has 180 valence electrons. The van der Waals surface area contributed by atoms with Crippen LogP contribution in [0.1, 0.15) is 61.3 Å². The maximum Gasteiger partial charge on any atom is 0.192 e. The fraction of sp³-hybridized carbons (Fsp3) is 1.00. The smallest absolute Gasteiger partial charge is 0.192 e. The Kier molecular flexibility index (Phi) is 5.80. The molecule has 0 unspecified atom stereocenters. The molecule has 5 atom stereocenters. The zero-order valence-electron chi connectivity index (χ0n) is 20.9. The van der Waals surface area contributed by atoms with Crippen LogP contribution >= 0.6 is 0 Å². The van der Waals surface area contributed by atoms with Crippen LogP contribution in [0.5, 0.6) is 0 Å². The number of hydrogen-bond donors (Lipinski definition) is 1. The molecule has 4 rings (SSSR count). The molecule has 0 bridgehead atoms. The van der Waals surface area contributed by atoms with Crippen LogP contribution in [0.3, 0.4) is 0 Å². The first-order valence-corrected chi connectivity index (χ1v) is 14.7. The second-order valence-electron chi connectivity index (χ2n) is 12.5. The van der Waals surface area contributed by atoms with E-state index in [4.69, 9.17) is 23.4 Å². The highest BCUT2D eigenvalue weighted by molar-refractivity contribution is 6.74. The van der Waals surface area contributed by atoms with Gasteiger partial charge >= 0.3 is 0 Å². The van der Waals surface area contributed by atoms with Crippen molar-refractivity contribution in [3.8, 4) is 0 Å². The summed E-state index contributed by atoms with van der Waals surface area (Å²) in [5, 5.41) is 11.0. The molecule has 1 spiro atoms. The molecule has 31 heavy (non-hydrogen) atoms. The van der Waals surface area contributed by atoms with Crippen molar-refractivity contribution in [2.24, 2.45) is 0 Å². The third-order valence-corrected chi connectivity index (χ3v) is 12.6. The van der Waals surface area contributed by atoms with Crippen LogP contribution in [0.25, 0.3) is 0 Å². The first kappa shape index (κ1) is 24.1. The molecule has 0 aliphatic carbocycles. The van der Waals surface area contributed by atoms with E-state index >= 15 is 0 Å². The predicted molar refractivity (Wildman–Crippen MR) is 120 cm³/mol. The summed E-state index contributed by atoms with van der Waals surface area (Å²) in [5.41, 5.74) is -0.402. The summed E-state index contributed by atoms with van der Waals surface area (Å²) in [6, 6.07) is 0.0868. The summed E-state index contributed by atoms with van der Waals surface area (Å²) in [4.78, 5) is 2.49. The Balaban J connectivity index is 1.65. The van der Waals surface area contributed by atoms with Crippen LogP contribution in [-0.2, 0) is 23.4 Å². The lowest BCUT2D eigenvalue weighted by atomic mass is 9.81. The molecule has 0 aromatic carbocycles. The minimum atomic E-state index is -1.94. The predicted octanol–water partition coefficient (Wildman–Crippen LogP) is 3.26. The van der Waals surface area contributed by atoms with Gasteiger partial charge in [0.2, 0.25) is 0 Å². The Hall–Kier alpha value is -0.0631. The van der Waals surface area contributed by atoms with E-state index in [1.54, 1.807) is 0 Å². The number of piperidine rings is 1. The van der Waals surface area contributed by atoms with Crippen LogP contribution in [0.4, 0.5) is 0 Å². The molecular weight excluding hydrogens is 414 g/mol. The monoisotopic (exact) mass is 457 g/mol. The Morgan fingerprint density at radius 1 is 1.00 bits per heavy atom. The van der Waals surface area contributed by atoms with E-state index in [1.165, 1.54) is 0 Å². The molecule has 4 fully saturated rings. The number of rotatable bonds is 3. The molecule has 1 N–H and O–H groups in total. The van der Waals surface area contributed by atoms with Crippen molar-refractivity contribution in [3.05, 3.63) is 0 Å². The Morgan fingerprint density at radius 3 is 2.16 bits per heavy atom. The topological polar surface area (TPSA) is 69.6 Å². The fourth-order valence-electron chi connectivity index (χ4n) is 5.48. The van der Waals surface area contributed by atoms with Crippen LogP contribution in [0.15, 0.2) is 0 Å². The molecule has 0 saturated carbocycles. The van der Waals surface area contributed by atoms with E-state index in [1.807, 2.05) is 27.7 Å². The number of hydrogen-bond acceptors (Lipinski definition) is 7. The Bertz CT molecular complexity index is 680. The van der Waals surface area contributed by atoms with Crippen molar-refractivity contribution in [3.63, 3.8) is 0 Å². The molecule has 0 aromatic rings. The average molecular weight is 458 g/mol. The number of aliphatic hydroxyl groups is 1. The van der Waals surface area contributed by atoms with E-state index in [0.29, 0.717) is 32.7 Å². The van der Waals surface area contributed by atoms with Gasteiger partial charge in [0.25, 0.3) is 0 Å². The Morgan fingerprint density at radius 2 is 1.58 bits per heavy atom. The highest BCUT2D eigenvalue weighted by atomic mass is 28.4. The molecule has 8 heteroatoms. The van der Waals surface area contributed by atoms with E-state index < -0.39 is 31.5 Å². The molecule has 4 heterocycles. The molecular formula is C23H43NO6Si. The van der Waals surface area contributed by atoms with E-state index in [9.17, 15) is 5.11 Å². The zero-order valence-corrected chi connectivity index (χ0v) is 21.9. The van der Waals surface area contributed by atoms with Crippen molar-refractivity contribution in [1.82, 2.24) is 4.90 Å². The largest absolute Gasteiger partial charge is 0.415 e. The summed E-state index contributed by atoms with van der Waals surface area (Å²) in [7, 11) is -1.94. The van der Waals surface area contributed by atoms with Gasteiger partial charge in [-0.05, 0) is 58.7 Å². The van der Waals surface area contributed by atoms with Gasteiger partial charge in [0.15, 0.2) is 19.9 Å². The summed E-state index contributed by atoms with van der Waals surface area (Å²) in [6.45, 7) is 20.9. The number of ether oxygens (including phenoxy) is 4. The quantitative estimate of drug-likeness (QED) is 0.652. The summed E-state index contributed by atoms with van der Waals surface area (Å²) in [6.07, 6.45) is 0.691. The highest BCUT2D eigenvalue weighted by Gasteiger charge is 2.65. The SMILES string of the molecule is CC1(C)OCC2(CO1)C[C@@H](O)C[C@H]1[C@@H]3OC(C)(C)O[C@@H]3[C@H](CO[Si](C)(C)C(C)(C)C)N12. The van der Waals surface area contributed by atoms with E-state index in [-0.39, 0.29) is 29.3 Å². The van der Waals surface area contributed by atoms with E-state index in [0.717, 1.165) is 0 Å². The van der Waals surface area contributed by atoms with Crippen molar-refractivity contribution in [2.75, 3.05) is 19.8 Å². The zero-order chi connectivity index (χ0) is 23.0. The Labute approximate surface area is 188 Å². The molecule has 0 amide bonds. The lowest BCUT2D eigenvalue weighted by Crippen LogP contribution is -2.69. The van der Waals surface area contributed by atoms with Gasteiger partial charge in [-0.2, -0.15) is 0 Å². The molecule has 4 aliphatic rings. The molecule has 4 aliphatic heterocycles. The third-order valence-electron chi connectivity index (χ3n) is 8.11. The van der Waals surface area contributed by atoms with Gasteiger partial charge in [0.1, 0.15) is 12.2 Å². The number of aliphatic hydroxyl groups excluding tert-OH is 1. The lowest BCUT2D eigenvalue weighted by molar-refractivity contribution is -0.306. The molecule has 7 nitrogen and oxygen atoms in total. The minimum Gasteiger partial charge on any atom is -0.415 e. The van der Waals surface area contributed by atoms with Gasteiger partial charge in [-0.25, -0.2) is 0 Å². The van der Waals surface area contributed by atoms with Crippen LogP contribution < -0.4 is 0 Å².